The molecule has 1 fully saturated rings. The predicted octanol–water partition coefficient (Wildman–Crippen LogP) is 3.08. The Balaban J connectivity index is 1.48. The fraction of sp³-hybridized carbons (Fsp3) is 0.526. The zero-order valence-corrected chi connectivity index (χ0v) is 14.6. The summed E-state index contributed by atoms with van der Waals surface area (Å²) < 4.78 is 11.0. The van der Waals surface area contributed by atoms with Crippen LogP contribution in [0.2, 0.25) is 0 Å². The SMILES string of the molecule is CC(C)c1nc([C@H]2CCCN(C(=O)[C@H]3COc4ccccc43)C2)no1. The smallest absolute Gasteiger partial charge is 0.233 e. The minimum atomic E-state index is -0.202. The number of carbonyl (C=O) groups is 1. The second-order valence-electron chi connectivity index (χ2n) is 7.17. The van der Waals surface area contributed by atoms with E-state index in [0.29, 0.717) is 19.0 Å². The van der Waals surface area contributed by atoms with Crippen LogP contribution in [0.15, 0.2) is 28.8 Å². The molecule has 132 valence electrons. The molecule has 0 saturated carbocycles. The van der Waals surface area contributed by atoms with E-state index in [2.05, 4.69) is 10.1 Å². The highest BCUT2D eigenvalue weighted by Gasteiger charge is 2.36. The molecule has 0 N–H and O–H groups in total. The summed E-state index contributed by atoms with van der Waals surface area (Å²) in [4.78, 5) is 19.5. The molecule has 1 aromatic heterocycles. The number of ether oxygens (including phenoxy) is 1. The van der Waals surface area contributed by atoms with Crippen molar-refractivity contribution >= 4 is 5.91 Å². The van der Waals surface area contributed by atoms with Crippen molar-refractivity contribution in [2.75, 3.05) is 19.7 Å². The quantitative estimate of drug-likeness (QED) is 0.858. The van der Waals surface area contributed by atoms with Crippen molar-refractivity contribution in [2.24, 2.45) is 0 Å². The van der Waals surface area contributed by atoms with E-state index in [0.717, 1.165) is 36.5 Å². The van der Waals surface area contributed by atoms with E-state index in [1.807, 2.05) is 43.0 Å². The molecule has 0 aliphatic carbocycles. The molecule has 2 aliphatic rings. The maximum atomic E-state index is 13.0. The molecule has 0 unspecified atom stereocenters. The molecular weight excluding hydrogens is 318 g/mol. The zero-order chi connectivity index (χ0) is 17.4. The van der Waals surface area contributed by atoms with Gasteiger partial charge in [-0.25, -0.2) is 0 Å². The molecule has 2 atom stereocenters. The summed E-state index contributed by atoms with van der Waals surface area (Å²) in [6.07, 6.45) is 1.94. The second-order valence-corrected chi connectivity index (χ2v) is 7.17. The molecule has 6 heteroatoms. The molecule has 2 aromatic rings. The first-order valence-corrected chi connectivity index (χ1v) is 8.97. The van der Waals surface area contributed by atoms with Crippen LogP contribution in [0.1, 0.15) is 61.7 Å². The zero-order valence-electron chi connectivity index (χ0n) is 14.6. The van der Waals surface area contributed by atoms with E-state index in [1.54, 1.807) is 0 Å². The van der Waals surface area contributed by atoms with Crippen LogP contribution >= 0.6 is 0 Å². The van der Waals surface area contributed by atoms with Crippen molar-refractivity contribution in [3.8, 4) is 5.75 Å². The Kier molecular flexibility index (Phi) is 4.19. The molecule has 4 rings (SSSR count). The molecule has 1 amide bonds. The number of hydrogen-bond acceptors (Lipinski definition) is 5. The van der Waals surface area contributed by atoms with Gasteiger partial charge in [-0.1, -0.05) is 37.2 Å². The Bertz CT molecular complexity index is 771. The molecule has 25 heavy (non-hydrogen) atoms. The third kappa shape index (κ3) is 3.01. The van der Waals surface area contributed by atoms with Gasteiger partial charge < -0.3 is 14.2 Å². The molecule has 6 nitrogen and oxygen atoms in total. The summed E-state index contributed by atoms with van der Waals surface area (Å²) in [7, 11) is 0. The lowest BCUT2D eigenvalue weighted by Crippen LogP contribution is -2.42. The van der Waals surface area contributed by atoms with Crippen molar-refractivity contribution in [3.63, 3.8) is 0 Å². The van der Waals surface area contributed by atoms with Gasteiger partial charge in [0.25, 0.3) is 0 Å². The molecule has 1 aromatic carbocycles. The summed E-state index contributed by atoms with van der Waals surface area (Å²) in [6, 6.07) is 7.81. The number of amides is 1. The lowest BCUT2D eigenvalue weighted by Gasteiger charge is -2.32. The number of carbonyl (C=O) groups excluding carboxylic acids is 1. The van der Waals surface area contributed by atoms with E-state index in [1.165, 1.54) is 0 Å². The number of aromatic nitrogens is 2. The number of para-hydroxylation sites is 1. The number of benzene rings is 1. The van der Waals surface area contributed by atoms with Crippen LogP contribution in [0.25, 0.3) is 0 Å². The molecule has 2 aliphatic heterocycles. The van der Waals surface area contributed by atoms with Gasteiger partial charge in [0.05, 0.1) is 0 Å². The van der Waals surface area contributed by atoms with Crippen molar-refractivity contribution in [2.45, 2.75) is 44.4 Å². The van der Waals surface area contributed by atoms with E-state index >= 15 is 0 Å². The van der Waals surface area contributed by atoms with Crippen LogP contribution in [-0.2, 0) is 4.79 Å². The molecule has 1 saturated heterocycles. The van der Waals surface area contributed by atoms with Crippen LogP contribution in [0.5, 0.6) is 5.75 Å². The van der Waals surface area contributed by atoms with Gasteiger partial charge in [-0.3, -0.25) is 4.79 Å². The number of piperidine rings is 1. The number of rotatable bonds is 3. The Hall–Kier alpha value is -2.37. The highest BCUT2D eigenvalue weighted by Crippen LogP contribution is 2.36. The number of fused-ring (bicyclic) bond motifs is 1. The summed E-state index contributed by atoms with van der Waals surface area (Å²) in [5.41, 5.74) is 0.997. The Labute approximate surface area is 147 Å². The molecule has 0 radical (unpaired) electrons. The minimum Gasteiger partial charge on any atom is -0.492 e. The van der Waals surface area contributed by atoms with Crippen molar-refractivity contribution in [1.29, 1.82) is 0 Å². The van der Waals surface area contributed by atoms with Gasteiger partial charge in [-0.2, -0.15) is 4.98 Å². The Morgan fingerprint density at radius 3 is 2.96 bits per heavy atom. The summed E-state index contributed by atoms with van der Waals surface area (Å²) >= 11 is 0. The summed E-state index contributed by atoms with van der Waals surface area (Å²) in [5.74, 6) is 2.52. The van der Waals surface area contributed by atoms with Crippen molar-refractivity contribution in [1.82, 2.24) is 15.0 Å². The maximum absolute atomic E-state index is 13.0. The van der Waals surface area contributed by atoms with Gasteiger partial charge in [0, 0.05) is 30.5 Å². The number of hydrogen-bond donors (Lipinski definition) is 0. The van der Waals surface area contributed by atoms with Gasteiger partial charge in [-0.05, 0) is 18.9 Å². The standard InChI is InChI=1S/C19H23N3O3/c1-12(2)18-20-17(21-25-18)13-6-5-9-22(10-13)19(23)15-11-24-16-8-4-3-7-14(15)16/h3-4,7-8,12-13,15H,5-6,9-11H2,1-2H3/t13-,15-/m0/s1. The van der Waals surface area contributed by atoms with Crippen LogP contribution in [-0.4, -0.2) is 40.6 Å². The largest absolute Gasteiger partial charge is 0.492 e. The van der Waals surface area contributed by atoms with Crippen LogP contribution in [0.3, 0.4) is 0 Å². The third-order valence-corrected chi connectivity index (χ3v) is 5.05. The molecule has 0 bridgehead atoms. The monoisotopic (exact) mass is 341 g/mol. The number of likely N-dealkylation sites (tertiary alicyclic amines) is 1. The molecule has 3 heterocycles. The van der Waals surface area contributed by atoms with E-state index in [-0.39, 0.29) is 23.7 Å². The fourth-order valence-electron chi connectivity index (χ4n) is 3.62. The van der Waals surface area contributed by atoms with Gasteiger partial charge in [0.15, 0.2) is 5.82 Å². The normalized spacial score (nSPS) is 22.8. The van der Waals surface area contributed by atoms with Crippen LogP contribution in [0.4, 0.5) is 0 Å². The Morgan fingerprint density at radius 1 is 1.32 bits per heavy atom. The summed E-state index contributed by atoms with van der Waals surface area (Å²) in [5, 5.41) is 4.14. The lowest BCUT2D eigenvalue weighted by molar-refractivity contribution is -0.134. The summed E-state index contributed by atoms with van der Waals surface area (Å²) in [6.45, 7) is 5.92. The van der Waals surface area contributed by atoms with Crippen LogP contribution in [0, 0.1) is 0 Å². The minimum absolute atomic E-state index is 0.141. The molecule has 0 spiro atoms. The first-order chi connectivity index (χ1) is 12.1. The van der Waals surface area contributed by atoms with E-state index < -0.39 is 0 Å². The van der Waals surface area contributed by atoms with Gasteiger partial charge in [-0.15, -0.1) is 0 Å². The Morgan fingerprint density at radius 2 is 2.16 bits per heavy atom. The van der Waals surface area contributed by atoms with Crippen molar-refractivity contribution < 1.29 is 14.1 Å². The van der Waals surface area contributed by atoms with Gasteiger partial charge in [0.1, 0.15) is 18.3 Å². The topological polar surface area (TPSA) is 68.5 Å². The predicted molar refractivity (Wildman–Crippen MR) is 91.6 cm³/mol. The van der Waals surface area contributed by atoms with Crippen LogP contribution < -0.4 is 4.74 Å². The van der Waals surface area contributed by atoms with E-state index in [4.69, 9.17) is 9.26 Å². The lowest BCUT2D eigenvalue weighted by atomic mass is 9.94. The highest BCUT2D eigenvalue weighted by atomic mass is 16.5. The fourth-order valence-corrected chi connectivity index (χ4v) is 3.62. The highest BCUT2D eigenvalue weighted by molar-refractivity contribution is 5.85. The average molecular weight is 341 g/mol. The first kappa shape index (κ1) is 16.1. The average Bonchev–Trinajstić information content (AvgIpc) is 3.28. The molecular formula is C19H23N3O3. The van der Waals surface area contributed by atoms with E-state index in [9.17, 15) is 4.79 Å². The third-order valence-electron chi connectivity index (χ3n) is 5.05. The van der Waals surface area contributed by atoms with Gasteiger partial charge >= 0.3 is 0 Å². The second kappa shape index (κ2) is 6.50. The maximum Gasteiger partial charge on any atom is 0.233 e. The number of nitrogens with zero attached hydrogens (tertiary/aromatic N) is 3. The van der Waals surface area contributed by atoms with Gasteiger partial charge in [0.2, 0.25) is 11.8 Å². The van der Waals surface area contributed by atoms with Crippen molar-refractivity contribution in [3.05, 3.63) is 41.5 Å². The first-order valence-electron chi connectivity index (χ1n) is 8.97.